The van der Waals surface area contributed by atoms with Gasteiger partial charge in [0.25, 0.3) is 0 Å². The molecule has 3 N–H and O–H groups in total. The number of hydrogen-bond donors (Lipinski definition) is 2. The number of hydrogen-bond acceptors (Lipinski definition) is 5. The highest BCUT2D eigenvalue weighted by atomic mass is 16.5. The van der Waals surface area contributed by atoms with Gasteiger partial charge >= 0.3 is 11.6 Å². The van der Waals surface area contributed by atoms with Crippen molar-refractivity contribution < 1.29 is 19.1 Å². The van der Waals surface area contributed by atoms with Crippen molar-refractivity contribution in [1.82, 2.24) is 0 Å². The average Bonchev–Trinajstić information content (AvgIpc) is 2.61. The lowest BCUT2D eigenvalue weighted by molar-refractivity contribution is -0.133. The first-order valence-electron chi connectivity index (χ1n) is 8.00. The van der Waals surface area contributed by atoms with Gasteiger partial charge in [-0.15, -0.1) is 0 Å². The van der Waals surface area contributed by atoms with Gasteiger partial charge in [-0.1, -0.05) is 42.0 Å². The summed E-state index contributed by atoms with van der Waals surface area (Å²) in [5.74, 6) is -2.11. The van der Waals surface area contributed by atoms with Gasteiger partial charge in [-0.2, -0.15) is 0 Å². The smallest absolute Gasteiger partial charge is 0.344 e. The van der Waals surface area contributed by atoms with Gasteiger partial charge in [0, 0.05) is 0 Å². The molecule has 1 aromatic heterocycles. The van der Waals surface area contributed by atoms with E-state index in [4.69, 9.17) is 14.9 Å². The minimum Gasteiger partial charge on any atom is -0.478 e. The third kappa shape index (κ3) is 2.35. The first-order valence-corrected chi connectivity index (χ1v) is 8.00. The molecular weight excluding hydrogens is 334 g/mol. The Labute approximate surface area is 148 Å². The van der Waals surface area contributed by atoms with Gasteiger partial charge in [-0.05, 0) is 24.6 Å². The third-order valence-electron chi connectivity index (χ3n) is 4.49. The average molecular weight is 349 g/mol. The van der Waals surface area contributed by atoms with Crippen LogP contribution in [0, 0.1) is 6.92 Å². The zero-order valence-electron chi connectivity index (χ0n) is 13.9. The minimum absolute atomic E-state index is 0.138. The molecule has 0 amide bonds. The number of nitrogens with two attached hydrogens (primary N) is 1. The fourth-order valence-corrected chi connectivity index (χ4v) is 3.27. The zero-order chi connectivity index (χ0) is 18.4. The van der Waals surface area contributed by atoms with Crippen molar-refractivity contribution in [2.45, 2.75) is 12.8 Å². The molecule has 0 spiro atoms. The molecule has 130 valence electrons. The summed E-state index contributed by atoms with van der Waals surface area (Å²) in [5.41, 5.74) is 7.25. The summed E-state index contributed by atoms with van der Waals surface area (Å²) in [4.78, 5) is 24.5. The molecule has 4 rings (SSSR count). The Hall–Kier alpha value is -3.54. The van der Waals surface area contributed by atoms with Gasteiger partial charge < -0.3 is 20.0 Å². The largest absolute Gasteiger partial charge is 0.478 e. The monoisotopic (exact) mass is 349 g/mol. The lowest BCUT2D eigenvalue weighted by atomic mass is 9.83. The SMILES string of the molecule is Cc1ccc(C2C(C(=O)O)=C(N)Oc3c2c(=O)oc2ccccc32)cc1. The molecule has 0 aliphatic carbocycles. The maximum atomic E-state index is 12.7. The van der Waals surface area contributed by atoms with Crippen molar-refractivity contribution in [3.8, 4) is 5.75 Å². The predicted molar refractivity (Wildman–Crippen MR) is 95.0 cm³/mol. The Morgan fingerprint density at radius 1 is 1.12 bits per heavy atom. The highest BCUT2D eigenvalue weighted by Gasteiger charge is 2.38. The number of carbonyl (C=O) groups is 1. The molecule has 3 aromatic rings. The summed E-state index contributed by atoms with van der Waals surface area (Å²) in [6, 6.07) is 14.2. The van der Waals surface area contributed by atoms with Crippen molar-refractivity contribution >= 4 is 16.9 Å². The van der Waals surface area contributed by atoms with Crippen LogP contribution in [0.2, 0.25) is 0 Å². The maximum Gasteiger partial charge on any atom is 0.344 e. The molecule has 0 bridgehead atoms. The Bertz CT molecular complexity index is 1130. The maximum absolute atomic E-state index is 12.7. The lowest BCUT2D eigenvalue weighted by Crippen LogP contribution is -2.30. The second-order valence-corrected chi connectivity index (χ2v) is 6.16. The summed E-state index contributed by atoms with van der Waals surface area (Å²) in [5, 5.41) is 10.2. The van der Waals surface area contributed by atoms with Crippen LogP contribution in [-0.4, -0.2) is 11.1 Å². The van der Waals surface area contributed by atoms with Gasteiger partial charge in [0.1, 0.15) is 11.2 Å². The lowest BCUT2D eigenvalue weighted by Gasteiger charge is -2.27. The minimum atomic E-state index is -1.24. The molecule has 2 aromatic carbocycles. The normalized spacial score (nSPS) is 16.3. The standard InChI is InChI=1S/C20H15NO5/c1-10-6-8-11(9-7-10)14-15-17(26-18(21)16(14)19(22)23)12-4-2-3-5-13(12)25-20(15)24/h2-9,14H,21H2,1H3,(H,22,23). The first kappa shape index (κ1) is 16.0. The summed E-state index contributed by atoms with van der Waals surface area (Å²) < 4.78 is 11.0. The molecule has 6 nitrogen and oxygen atoms in total. The van der Waals surface area contributed by atoms with Crippen LogP contribution in [0.5, 0.6) is 5.75 Å². The molecule has 0 radical (unpaired) electrons. The molecule has 26 heavy (non-hydrogen) atoms. The van der Waals surface area contributed by atoms with Crippen LogP contribution in [0.15, 0.2) is 69.2 Å². The second-order valence-electron chi connectivity index (χ2n) is 6.16. The molecule has 0 saturated carbocycles. The van der Waals surface area contributed by atoms with Crippen LogP contribution in [-0.2, 0) is 4.79 Å². The Balaban J connectivity index is 2.08. The van der Waals surface area contributed by atoms with E-state index in [1.54, 1.807) is 36.4 Å². The Kier molecular flexibility index (Phi) is 3.54. The van der Waals surface area contributed by atoms with Gasteiger partial charge in [0.15, 0.2) is 5.75 Å². The number of ether oxygens (including phenoxy) is 1. The van der Waals surface area contributed by atoms with E-state index in [0.29, 0.717) is 16.5 Å². The van der Waals surface area contributed by atoms with Crippen LogP contribution in [0.25, 0.3) is 11.0 Å². The van der Waals surface area contributed by atoms with E-state index in [9.17, 15) is 14.7 Å². The molecule has 1 unspecified atom stereocenters. The van der Waals surface area contributed by atoms with Crippen LogP contribution >= 0.6 is 0 Å². The van der Waals surface area contributed by atoms with Crippen LogP contribution in [0.3, 0.4) is 0 Å². The van der Waals surface area contributed by atoms with Gasteiger partial charge in [0.05, 0.1) is 16.9 Å². The number of carboxylic acid groups (broad SMARTS) is 1. The van der Waals surface area contributed by atoms with E-state index < -0.39 is 17.5 Å². The summed E-state index contributed by atoms with van der Waals surface area (Å²) >= 11 is 0. The van der Waals surface area contributed by atoms with Crippen molar-refractivity contribution in [2.75, 3.05) is 0 Å². The van der Waals surface area contributed by atoms with Crippen LogP contribution in [0.4, 0.5) is 0 Å². The van der Waals surface area contributed by atoms with Crippen molar-refractivity contribution in [3.05, 3.63) is 87.1 Å². The van der Waals surface area contributed by atoms with Crippen molar-refractivity contribution in [1.29, 1.82) is 0 Å². The van der Waals surface area contributed by atoms with E-state index in [2.05, 4.69) is 0 Å². The van der Waals surface area contributed by atoms with Crippen LogP contribution in [0.1, 0.15) is 22.6 Å². The molecule has 1 aliphatic heterocycles. The van der Waals surface area contributed by atoms with Crippen LogP contribution < -0.4 is 16.1 Å². The van der Waals surface area contributed by atoms with Gasteiger partial charge in [-0.3, -0.25) is 0 Å². The van der Waals surface area contributed by atoms with Gasteiger partial charge in [-0.25, -0.2) is 9.59 Å². The molecule has 1 atom stereocenters. The molecule has 6 heteroatoms. The van der Waals surface area contributed by atoms with Crippen molar-refractivity contribution in [3.63, 3.8) is 0 Å². The Morgan fingerprint density at radius 3 is 2.50 bits per heavy atom. The summed E-state index contributed by atoms with van der Waals surface area (Å²) in [6.07, 6.45) is 0. The fraction of sp³-hybridized carbons (Fsp3) is 0.100. The Morgan fingerprint density at radius 2 is 1.81 bits per heavy atom. The van der Waals surface area contributed by atoms with Gasteiger partial charge in [0.2, 0.25) is 5.88 Å². The number of aryl methyl sites for hydroxylation is 1. The van der Waals surface area contributed by atoms with Crippen molar-refractivity contribution in [2.24, 2.45) is 5.73 Å². The summed E-state index contributed by atoms with van der Waals surface area (Å²) in [7, 11) is 0. The number of aliphatic carboxylic acids is 1. The van der Waals surface area contributed by atoms with E-state index in [-0.39, 0.29) is 22.8 Å². The molecule has 2 heterocycles. The predicted octanol–water partition coefficient (Wildman–Crippen LogP) is 2.88. The number of rotatable bonds is 2. The molecule has 1 aliphatic rings. The summed E-state index contributed by atoms with van der Waals surface area (Å²) in [6.45, 7) is 1.92. The molecular formula is C20H15NO5. The quantitative estimate of drug-likeness (QED) is 0.690. The number of para-hydroxylation sites is 1. The highest BCUT2D eigenvalue weighted by molar-refractivity contribution is 5.93. The highest BCUT2D eigenvalue weighted by Crippen LogP contribution is 2.43. The van der Waals surface area contributed by atoms with E-state index >= 15 is 0 Å². The van der Waals surface area contributed by atoms with E-state index in [1.165, 1.54) is 0 Å². The fourth-order valence-electron chi connectivity index (χ4n) is 3.27. The first-order chi connectivity index (χ1) is 12.5. The topological polar surface area (TPSA) is 103 Å². The third-order valence-corrected chi connectivity index (χ3v) is 4.49. The number of benzene rings is 2. The zero-order valence-corrected chi connectivity index (χ0v) is 13.9. The molecule has 0 fully saturated rings. The number of fused-ring (bicyclic) bond motifs is 3. The second kappa shape index (κ2) is 5.77. The van der Waals surface area contributed by atoms with E-state index in [0.717, 1.165) is 5.56 Å². The number of carboxylic acids is 1. The van der Waals surface area contributed by atoms with E-state index in [1.807, 2.05) is 19.1 Å². The molecule has 0 saturated heterocycles.